The number of hydrogen-bond donors (Lipinski definition) is 1. The van der Waals surface area contributed by atoms with Crippen LogP contribution in [0.15, 0.2) is 78.9 Å². The van der Waals surface area contributed by atoms with Gasteiger partial charge in [-0.1, -0.05) is 59.7 Å². The summed E-state index contributed by atoms with van der Waals surface area (Å²) in [5, 5.41) is 14.7. The van der Waals surface area contributed by atoms with Gasteiger partial charge in [0.25, 0.3) is 0 Å². The summed E-state index contributed by atoms with van der Waals surface area (Å²) in [6.45, 7) is 4.04. The molecule has 0 bridgehead atoms. The Balaban J connectivity index is 1.76. The largest absolute Gasteiger partial charge is 0.497 e. The summed E-state index contributed by atoms with van der Waals surface area (Å²) in [5.41, 5.74) is 6.60. The molecule has 0 aliphatic heterocycles. The normalized spacial score (nSPS) is 11.8. The van der Waals surface area contributed by atoms with Crippen LogP contribution in [0, 0.1) is 13.8 Å². The molecule has 4 rings (SSSR count). The number of hydrogen-bond acceptors (Lipinski definition) is 3. The van der Waals surface area contributed by atoms with E-state index in [1.54, 1.807) is 7.11 Å². The Morgan fingerprint density at radius 2 is 1.53 bits per heavy atom. The highest BCUT2D eigenvalue weighted by Gasteiger charge is 2.23. The Bertz CT molecular complexity index is 1210. The molecule has 0 aliphatic rings. The fourth-order valence-corrected chi connectivity index (χ4v) is 3.74. The summed E-state index contributed by atoms with van der Waals surface area (Å²) in [6, 6.07) is 25.6. The molecule has 0 amide bonds. The lowest BCUT2D eigenvalue weighted by atomic mass is 9.93. The molecule has 0 aliphatic carbocycles. The van der Waals surface area contributed by atoms with Gasteiger partial charge in [-0.15, -0.1) is 0 Å². The van der Waals surface area contributed by atoms with E-state index in [-0.39, 0.29) is 0 Å². The number of aliphatic carboxylic acids is 1. The van der Waals surface area contributed by atoms with Crippen LogP contribution in [-0.2, 0) is 11.2 Å². The minimum Gasteiger partial charge on any atom is -0.497 e. The Morgan fingerprint density at radius 1 is 0.938 bits per heavy atom. The van der Waals surface area contributed by atoms with Gasteiger partial charge in [0.1, 0.15) is 5.75 Å². The average Bonchev–Trinajstić information content (AvgIpc) is 3.22. The van der Waals surface area contributed by atoms with Gasteiger partial charge in [0, 0.05) is 12.0 Å². The van der Waals surface area contributed by atoms with Crippen molar-refractivity contribution in [2.24, 2.45) is 0 Å². The van der Waals surface area contributed by atoms with Crippen LogP contribution in [0.1, 0.15) is 28.3 Å². The van der Waals surface area contributed by atoms with Crippen molar-refractivity contribution in [2.75, 3.05) is 7.11 Å². The summed E-state index contributed by atoms with van der Waals surface area (Å²) in [5.74, 6) is -0.756. The quantitative estimate of drug-likeness (QED) is 0.419. The van der Waals surface area contributed by atoms with Crippen molar-refractivity contribution in [3.63, 3.8) is 0 Å². The molecule has 5 nitrogen and oxygen atoms in total. The van der Waals surface area contributed by atoms with E-state index < -0.39 is 11.9 Å². The van der Waals surface area contributed by atoms with Gasteiger partial charge in [-0.2, -0.15) is 5.10 Å². The van der Waals surface area contributed by atoms with E-state index >= 15 is 0 Å². The number of benzene rings is 3. The van der Waals surface area contributed by atoms with Gasteiger partial charge in [0.2, 0.25) is 0 Å². The fraction of sp³-hybridized carbons (Fsp3) is 0.185. The Morgan fingerprint density at radius 3 is 2.09 bits per heavy atom. The van der Waals surface area contributed by atoms with Gasteiger partial charge in [-0.25, -0.2) is 4.68 Å². The second-order valence-electron chi connectivity index (χ2n) is 8.00. The SMILES string of the molecule is COc1ccc(-n2nc(CC(C(=O)O)c3ccc(C)cc3)cc2-c2ccc(C)cc2)cc1. The van der Waals surface area contributed by atoms with Gasteiger partial charge in [-0.3, -0.25) is 4.79 Å². The van der Waals surface area contributed by atoms with Crippen molar-refractivity contribution < 1.29 is 14.6 Å². The molecule has 1 N–H and O–H groups in total. The maximum absolute atomic E-state index is 12.1. The molecule has 1 aromatic heterocycles. The van der Waals surface area contributed by atoms with Crippen molar-refractivity contribution in [1.29, 1.82) is 0 Å². The van der Waals surface area contributed by atoms with Crippen LogP contribution in [0.4, 0.5) is 0 Å². The highest BCUT2D eigenvalue weighted by Crippen LogP contribution is 2.28. The van der Waals surface area contributed by atoms with Crippen molar-refractivity contribution in [1.82, 2.24) is 9.78 Å². The maximum atomic E-state index is 12.1. The standard InChI is InChI=1S/C27H26N2O3/c1-18-4-8-20(9-5-18)25(27(30)31)16-22-17-26(21-10-6-19(2)7-11-21)29(28-22)23-12-14-24(32-3)15-13-23/h4-15,17,25H,16H2,1-3H3,(H,30,31). The summed E-state index contributed by atoms with van der Waals surface area (Å²) in [4.78, 5) is 12.1. The third-order valence-corrected chi connectivity index (χ3v) is 5.62. The molecular formula is C27H26N2O3. The van der Waals surface area contributed by atoms with Crippen molar-refractivity contribution in [3.8, 4) is 22.7 Å². The summed E-state index contributed by atoms with van der Waals surface area (Å²) in [6.07, 6.45) is 0.306. The zero-order valence-electron chi connectivity index (χ0n) is 18.4. The van der Waals surface area contributed by atoms with Gasteiger partial charge in [0.05, 0.1) is 30.1 Å². The molecular weight excluding hydrogens is 400 g/mol. The number of aromatic nitrogens is 2. The van der Waals surface area contributed by atoms with E-state index in [2.05, 4.69) is 31.2 Å². The molecule has 162 valence electrons. The highest BCUT2D eigenvalue weighted by molar-refractivity contribution is 5.76. The molecule has 32 heavy (non-hydrogen) atoms. The fourth-order valence-electron chi connectivity index (χ4n) is 3.74. The van der Waals surface area contributed by atoms with Gasteiger partial charge < -0.3 is 9.84 Å². The minimum atomic E-state index is -0.857. The number of carboxylic acids is 1. The number of carboxylic acid groups (broad SMARTS) is 1. The molecule has 3 aromatic carbocycles. The second-order valence-corrected chi connectivity index (χ2v) is 8.00. The van der Waals surface area contributed by atoms with Crippen LogP contribution < -0.4 is 4.74 Å². The maximum Gasteiger partial charge on any atom is 0.311 e. The van der Waals surface area contributed by atoms with Crippen LogP contribution >= 0.6 is 0 Å². The van der Waals surface area contributed by atoms with Crippen LogP contribution in [0.5, 0.6) is 5.75 Å². The van der Waals surface area contributed by atoms with E-state index in [1.807, 2.05) is 66.2 Å². The zero-order valence-corrected chi connectivity index (χ0v) is 18.4. The molecule has 0 fully saturated rings. The van der Waals surface area contributed by atoms with E-state index in [0.29, 0.717) is 6.42 Å². The van der Waals surface area contributed by atoms with Crippen molar-refractivity contribution in [2.45, 2.75) is 26.2 Å². The van der Waals surface area contributed by atoms with E-state index in [1.165, 1.54) is 5.56 Å². The lowest BCUT2D eigenvalue weighted by Crippen LogP contribution is -2.15. The van der Waals surface area contributed by atoms with Crippen LogP contribution in [0.2, 0.25) is 0 Å². The molecule has 5 heteroatoms. The smallest absolute Gasteiger partial charge is 0.311 e. The second kappa shape index (κ2) is 9.10. The van der Waals surface area contributed by atoms with Gasteiger partial charge in [-0.05, 0) is 49.7 Å². The molecule has 0 spiro atoms. The predicted molar refractivity (Wildman–Crippen MR) is 126 cm³/mol. The topological polar surface area (TPSA) is 64.4 Å². The summed E-state index contributed by atoms with van der Waals surface area (Å²) >= 11 is 0. The van der Waals surface area contributed by atoms with Crippen LogP contribution in [0.3, 0.4) is 0 Å². The lowest BCUT2D eigenvalue weighted by Gasteiger charge is -2.11. The molecule has 1 unspecified atom stereocenters. The Kier molecular flexibility index (Phi) is 6.08. The number of ether oxygens (including phenoxy) is 1. The molecule has 1 heterocycles. The highest BCUT2D eigenvalue weighted by atomic mass is 16.5. The van der Waals surface area contributed by atoms with E-state index in [9.17, 15) is 9.90 Å². The predicted octanol–water partition coefficient (Wildman–Crippen LogP) is 5.58. The third-order valence-electron chi connectivity index (χ3n) is 5.62. The first-order valence-electron chi connectivity index (χ1n) is 10.5. The average molecular weight is 427 g/mol. The Labute approximate surface area is 187 Å². The van der Waals surface area contributed by atoms with Gasteiger partial charge in [0.15, 0.2) is 0 Å². The zero-order chi connectivity index (χ0) is 22.7. The van der Waals surface area contributed by atoms with E-state index in [0.717, 1.165) is 39.5 Å². The first kappa shape index (κ1) is 21.4. The number of rotatable bonds is 7. The number of nitrogens with zero attached hydrogens (tertiary/aromatic N) is 2. The molecule has 0 saturated carbocycles. The first-order chi connectivity index (χ1) is 15.4. The molecule has 0 saturated heterocycles. The van der Waals surface area contributed by atoms with Crippen LogP contribution in [0.25, 0.3) is 16.9 Å². The number of carbonyl (C=O) groups is 1. The van der Waals surface area contributed by atoms with Crippen LogP contribution in [-0.4, -0.2) is 28.0 Å². The number of aryl methyl sites for hydroxylation is 2. The summed E-state index contributed by atoms with van der Waals surface area (Å²) < 4.78 is 7.15. The first-order valence-corrected chi connectivity index (χ1v) is 10.5. The van der Waals surface area contributed by atoms with Gasteiger partial charge >= 0.3 is 5.97 Å². The van der Waals surface area contributed by atoms with E-state index in [4.69, 9.17) is 9.84 Å². The summed E-state index contributed by atoms with van der Waals surface area (Å²) in [7, 11) is 1.63. The number of methoxy groups -OCH3 is 1. The minimum absolute atomic E-state index is 0.306. The molecule has 0 radical (unpaired) electrons. The Hall–Kier alpha value is -3.86. The molecule has 1 atom stereocenters. The van der Waals surface area contributed by atoms with Crippen molar-refractivity contribution in [3.05, 3.63) is 101 Å². The monoisotopic (exact) mass is 426 g/mol. The van der Waals surface area contributed by atoms with Crippen molar-refractivity contribution >= 4 is 5.97 Å². The lowest BCUT2D eigenvalue weighted by molar-refractivity contribution is -0.138. The molecule has 4 aromatic rings. The third kappa shape index (κ3) is 4.57.